The third-order valence-electron chi connectivity index (χ3n) is 3.02. The van der Waals surface area contributed by atoms with E-state index in [0.717, 1.165) is 11.3 Å². The van der Waals surface area contributed by atoms with E-state index >= 15 is 0 Å². The maximum atomic E-state index is 12.1. The molecule has 1 heterocycles. The van der Waals surface area contributed by atoms with Crippen LogP contribution in [0.5, 0.6) is 0 Å². The fraction of sp³-hybridized carbons (Fsp3) is 0.214. The number of nitrogens with one attached hydrogen (secondary N) is 2. The lowest BCUT2D eigenvalue weighted by atomic mass is 10.1. The molecule has 20 heavy (non-hydrogen) atoms. The molecule has 1 aromatic carbocycles. The smallest absolute Gasteiger partial charge is 0.255 e. The van der Waals surface area contributed by atoms with E-state index in [4.69, 9.17) is 5.73 Å². The van der Waals surface area contributed by atoms with Gasteiger partial charge in [0.15, 0.2) is 0 Å². The molecular weight excluding hydrogens is 256 g/mol. The molecule has 0 aliphatic carbocycles. The average Bonchev–Trinajstić information content (AvgIpc) is 2.76. The molecule has 0 atom stereocenters. The molecule has 0 radical (unpaired) electrons. The van der Waals surface area contributed by atoms with Gasteiger partial charge in [0.05, 0.1) is 11.3 Å². The van der Waals surface area contributed by atoms with Gasteiger partial charge in [-0.25, -0.2) is 0 Å². The van der Waals surface area contributed by atoms with E-state index in [-0.39, 0.29) is 5.91 Å². The van der Waals surface area contributed by atoms with Gasteiger partial charge in [0.25, 0.3) is 5.91 Å². The lowest BCUT2D eigenvalue weighted by molar-refractivity contribution is 0.0949. The first-order valence-corrected chi connectivity index (χ1v) is 6.17. The van der Waals surface area contributed by atoms with Gasteiger partial charge >= 0.3 is 0 Å². The van der Waals surface area contributed by atoms with E-state index in [1.165, 1.54) is 0 Å². The summed E-state index contributed by atoms with van der Waals surface area (Å²) in [7, 11) is 0. The summed E-state index contributed by atoms with van der Waals surface area (Å²) in [4.78, 5) is 23.2. The molecule has 0 saturated heterocycles. The molecule has 0 aliphatic heterocycles. The number of amides is 2. The number of hydrogen-bond acceptors (Lipinski definition) is 3. The summed E-state index contributed by atoms with van der Waals surface area (Å²) < 4.78 is 0. The molecule has 2 aromatic rings. The molecular formula is C14H16N4O2. The maximum absolute atomic E-state index is 12.1. The van der Waals surface area contributed by atoms with Gasteiger partial charge in [-0.15, -0.1) is 0 Å². The number of H-pyrrole nitrogens is 1. The van der Waals surface area contributed by atoms with Crippen LogP contribution < -0.4 is 11.1 Å². The fourth-order valence-corrected chi connectivity index (χ4v) is 1.99. The van der Waals surface area contributed by atoms with Crippen LogP contribution in [0.3, 0.4) is 0 Å². The van der Waals surface area contributed by atoms with Gasteiger partial charge in [-0.1, -0.05) is 12.1 Å². The van der Waals surface area contributed by atoms with Crippen molar-refractivity contribution in [3.8, 4) is 0 Å². The number of primary amides is 1. The van der Waals surface area contributed by atoms with Crippen LogP contribution in [0.4, 0.5) is 0 Å². The number of nitrogens with two attached hydrogens (primary N) is 1. The highest BCUT2D eigenvalue weighted by Crippen LogP contribution is 2.10. The highest BCUT2D eigenvalue weighted by atomic mass is 16.2. The maximum Gasteiger partial charge on any atom is 0.255 e. The number of rotatable bonds is 4. The van der Waals surface area contributed by atoms with Crippen molar-refractivity contribution in [2.75, 3.05) is 0 Å². The minimum atomic E-state index is -0.486. The zero-order valence-electron chi connectivity index (χ0n) is 11.4. The largest absolute Gasteiger partial charge is 0.366 e. The number of nitrogens with zero attached hydrogens (tertiary/aromatic N) is 1. The molecule has 0 saturated carbocycles. The van der Waals surface area contributed by atoms with Gasteiger partial charge in [-0.05, 0) is 31.5 Å². The third kappa shape index (κ3) is 2.85. The summed E-state index contributed by atoms with van der Waals surface area (Å²) in [6.45, 7) is 3.89. The molecule has 104 valence electrons. The van der Waals surface area contributed by atoms with Crippen molar-refractivity contribution in [2.45, 2.75) is 20.4 Å². The lowest BCUT2D eigenvalue weighted by Gasteiger charge is -2.06. The number of carbonyl (C=O) groups excluding carboxylic acids is 2. The summed E-state index contributed by atoms with van der Waals surface area (Å²) >= 11 is 0. The molecule has 6 heteroatoms. The molecule has 4 N–H and O–H groups in total. The van der Waals surface area contributed by atoms with E-state index in [2.05, 4.69) is 15.5 Å². The molecule has 2 amide bonds. The highest BCUT2D eigenvalue weighted by molar-refractivity contribution is 5.96. The Kier molecular flexibility index (Phi) is 3.84. The Hall–Kier alpha value is -2.63. The first kappa shape index (κ1) is 13.8. The Balaban J connectivity index is 2.07. The zero-order chi connectivity index (χ0) is 14.7. The quantitative estimate of drug-likeness (QED) is 0.775. The summed E-state index contributed by atoms with van der Waals surface area (Å²) in [5.74, 6) is -0.682. The minimum Gasteiger partial charge on any atom is -0.366 e. The Morgan fingerprint density at radius 1 is 1.35 bits per heavy atom. The van der Waals surface area contributed by atoms with Crippen molar-refractivity contribution in [2.24, 2.45) is 5.73 Å². The van der Waals surface area contributed by atoms with Gasteiger partial charge < -0.3 is 11.1 Å². The number of aryl methyl sites for hydroxylation is 2. The van der Waals surface area contributed by atoms with E-state index in [0.29, 0.717) is 23.4 Å². The van der Waals surface area contributed by atoms with Crippen molar-refractivity contribution in [3.05, 3.63) is 52.3 Å². The molecule has 0 fully saturated rings. The second-order valence-electron chi connectivity index (χ2n) is 4.56. The average molecular weight is 272 g/mol. The Morgan fingerprint density at radius 2 is 2.10 bits per heavy atom. The van der Waals surface area contributed by atoms with Gasteiger partial charge in [0.2, 0.25) is 5.91 Å². The summed E-state index contributed by atoms with van der Waals surface area (Å²) in [6, 6.07) is 6.85. The minimum absolute atomic E-state index is 0.196. The monoisotopic (exact) mass is 272 g/mol. The predicted octanol–water partition coefficient (Wildman–Crippen LogP) is 1.06. The van der Waals surface area contributed by atoms with E-state index < -0.39 is 5.91 Å². The van der Waals surface area contributed by atoms with E-state index in [1.54, 1.807) is 32.0 Å². The van der Waals surface area contributed by atoms with Crippen LogP contribution in [0.2, 0.25) is 0 Å². The number of benzene rings is 1. The number of aromatic nitrogens is 2. The van der Waals surface area contributed by atoms with Crippen LogP contribution in [0.25, 0.3) is 0 Å². The van der Waals surface area contributed by atoms with Crippen LogP contribution >= 0.6 is 0 Å². The summed E-state index contributed by atoms with van der Waals surface area (Å²) in [6.07, 6.45) is 0. The topological polar surface area (TPSA) is 101 Å². The van der Waals surface area contributed by atoms with Gasteiger partial charge in [-0.3, -0.25) is 14.7 Å². The van der Waals surface area contributed by atoms with Crippen molar-refractivity contribution >= 4 is 11.8 Å². The lowest BCUT2D eigenvalue weighted by Crippen LogP contribution is -2.24. The van der Waals surface area contributed by atoms with E-state index in [9.17, 15) is 9.59 Å². The highest BCUT2D eigenvalue weighted by Gasteiger charge is 2.14. The molecule has 6 nitrogen and oxygen atoms in total. The van der Waals surface area contributed by atoms with Crippen molar-refractivity contribution in [1.29, 1.82) is 0 Å². The van der Waals surface area contributed by atoms with Gasteiger partial charge in [0, 0.05) is 17.8 Å². The second kappa shape index (κ2) is 5.56. The van der Waals surface area contributed by atoms with Gasteiger partial charge in [0.1, 0.15) is 0 Å². The number of aromatic amines is 1. The third-order valence-corrected chi connectivity index (χ3v) is 3.02. The van der Waals surface area contributed by atoms with Crippen molar-refractivity contribution in [1.82, 2.24) is 15.5 Å². The fourth-order valence-electron chi connectivity index (χ4n) is 1.99. The van der Waals surface area contributed by atoms with Crippen molar-refractivity contribution < 1.29 is 9.59 Å². The Labute approximate surface area is 116 Å². The number of hydrogen-bond donors (Lipinski definition) is 3. The molecule has 0 bridgehead atoms. The van der Waals surface area contributed by atoms with Crippen molar-refractivity contribution in [3.63, 3.8) is 0 Å². The second-order valence-corrected chi connectivity index (χ2v) is 4.56. The molecule has 0 unspecified atom stereocenters. The molecule has 1 aromatic heterocycles. The molecule has 2 rings (SSSR count). The van der Waals surface area contributed by atoms with Crippen LogP contribution in [0.1, 0.15) is 37.7 Å². The normalized spacial score (nSPS) is 10.3. The summed E-state index contributed by atoms with van der Waals surface area (Å²) in [5, 5.41) is 9.55. The van der Waals surface area contributed by atoms with Crippen LogP contribution in [0, 0.1) is 13.8 Å². The Morgan fingerprint density at radius 3 is 2.70 bits per heavy atom. The van der Waals surface area contributed by atoms with E-state index in [1.807, 2.05) is 6.07 Å². The molecule has 0 aliphatic rings. The predicted molar refractivity (Wildman–Crippen MR) is 74.2 cm³/mol. The SMILES string of the molecule is Cc1n[nH]c(C)c1C(=O)NCc1cccc(C(N)=O)c1. The van der Waals surface area contributed by atoms with Crippen LogP contribution in [0.15, 0.2) is 24.3 Å². The first-order valence-electron chi connectivity index (χ1n) is 6.17. The number of carbonyl (C=O) groups is 2. The van der Waals surface area contributed by atoms with Crippen LogP contribution in [-0.2, 0) is 6.54 Å². The summed E-state index contributed by atoms with van der Waals surface area (Å²) in [5.41, 5.74) is 8.39. The molecule has 0 spiro atoms. The Bertz CT molecular complexity index is 641. The first-order chi connectivity index (χ1) is 9.49. The van der Waals surface area contributed by atoms with Gasteiger partial charge in [-0.2, -0.15) is 5.10 Å². The zero-order valence-corrected chi connectivity index (χ0v) is 11.4. The standard InChI is InChI=1S/C14H16N4O2/c1-8-12(9(2)18-17-8)14(20)16-7-10-4-3-5-11(6-10)13(15)19/h3-6H,7H2,1-2H3,(H2,15,19)(H,16,20)(H,17,18). The van der Waals surface area contributed by atoms with Crippen LogP contribution in [-0.4, -0.2) is 22.0 Å².